The van der Waals surface area contributed by atoms with Crippen LogP contribution in [0.25, 0.3) is 10.9 Å². The van der Waals surface area contributed by atoms with Gasteiger partial charge in [-0.05, 0) is 60.1 Å². The molecular weight excluding hydrogens is 502 g/mol. The molecule has 1 saturated heterocycles. The van der Waals surface area contributed by atoms with Gasteiger partial charge in [-0.3, -0.25) is 10.7 Å². The number of rotatable bonds is 4. The molecule has 0 spiro atoms. The maximum absolute atomic E-state index is 6.17. The Balaban J connectivity index is 1.63. The molecule has 3 aromatic rings. The summed E-state index contributed by atoms with van der Waals surface area (Å²) in [5, 5.41) is 6.39. The van der Waals surface area contributed by atoms with Crippen molar-refractivity contribution in [2.45, 2.75) is 31.7 Å². The van der Waals surface area contributed by atoms with Crippen LogP contribution in [0.5, 0.6) is 5.75 Å². The summed E-state index contributed by atoms with van der Waals surface area (Å²) in [6.07, 6.45) is 5.37. The Labute approximate surface area is 180 Å². The molecule has 6 nitrogen and oxygen atoms in total. The number of benzene rings is 1. The second-order valence-corrected chi connectivity index (χ2v) is 8.13. The van der Waals surface area contributed by atoms with Gasteiger partial charge in [-0.1, -0.05) is 23.2 Å². The van der Waals surface area contributed by atoms with Crippen molar-refractivity contribution in [3.63, 3.8) is 0 Å². The number of fused-ring (bicyclic) bond motifs is 1. The van der Waals surface area contributed by atoms with Gasteiger partial charge in [0.2, 0.25) is 0 Å². The third-order valence-corrected chi connectivity index (χ3v) is 5.90. The molecule has 0 amide bonds. The minimum absolute atomic E-state index is 0.0202. The van der Waals surface area contributed by atoms with Crippen LogP contribution in [0.15, 0.2) is 30.6 Å². The average molecular weight is 519 g/mol. The molecule has 0 saturated carbocycles. The van der Waals surface area contributed by atoms with Crippen molar-refractivity contribution in [3.05, 3.63) is 49.9 Å². The fourth-order valence-electron chi connectivity index (χ4n) is 3.19. The second kappa shape index (κ2) is 8.08. The molecule has 2 aromatic heterocycles. The first-order valence-corrected chi connectivity index (χ1v) is 10.4. The second-order valence-electron chi connectivity index (χ2n) is 6.29. The van der Waals surface area contributed by atoms with Crippen molar-refractivity contribution in [3.8, 4) is 5.75 Å². The van der Waals surface area contributed by atoms with Gasteiger partial charge in [0.15, 0.2) is 12.5 Å². The van der Waals surface area contributed by atoms with Crippen LogP contribution in [0.2, 0.25) is 10.0 Å². The van der Waals surface area contributed by atoms with E-state index in [1.165, 1.54) is 12.4 Å². The number of ether oxygens (including phenoxy) is 2. The average Bonchev–Trinajstić information content (AvgIpc) is 2.99. The molecule has 27 heavy (non-hydrogen) atoms. The number of pyridine rings is 1. The molecule has 9 heteroatoms. The molecule has 0 aliphatic carbocycles. The molecular formula is C18H17Cl2IN4O2. The van der Waals surface area contributed by atoms with Crippen molar-refractivity contribution >= 4 is 56.7 Å². The zero-order chi connectivity index (χ0) is 19.0. The van der Waals surface area contributed by atoms with Gasteiger partial charge in [-0.15, -0.1) is 0 Å². The highest BCUT2D eigenvalue weighted by molar-refractivity contribution is 14.1. The van der Waals surface area contributed by atoms with Crippen LogP contribution in [0, 0.1) is 3.70 Å². The van der Waals surface area contributed by atoms with Crippen molar-refractivity contribution in [2.75, 3.05) is 6.61 Å². The Morgan fingerprint density at radius 3 is 2.74 bits per heavy atom. The third kappa shape index (κ3) is 3.88. The molecule has 1 aliphatic rings. The lowest BCUT2D eigenvalue weighted by molar-refractivity contribution is -0.0368. The maximum atomic E-state index is 6.17. The predicted octanol–water partition coefficient (Wildman–Crippen LogP) is 5.08. The van der Waals surface area contributed by atoms with Crippen LogP contribution < -0.4 is 10.5 Å². The maximum Gasteiger partial charge on any atom is 0.177 e. The first kappa shape index (κ1) is 19.2. The fourth-order valence-corrected chi connectivity index (χ4v) is 4.43. The molecule has 1 fully saturated rings. The van der Waals surface area contributed by atoms with E-state index >= 15 is 0 Å². The van der Waals surface area contributed by atoms with Gasteiger partial charge in [0.25, 0.3) is 0 Å². The van der Waals surface area contributed by atoms with Gasteiger partial charge in [0.1, 0.15) is 9.45 Å². The van der Waals surface area contributed by atoms with E-state index in [0.29, 0.717) is 21.4 Å². The van der Waals surface area contributed by atoms with Gasteiger partial charge in [0, 0.05) is 30.0 Å². The summed E-state index contributed by atoms with van der Waals surface area (Å²) in [4.78, 5) is 3.93. The highest BCUT2D eigenvalue weighted by Gasteiger charge is 2.21. The van der Waals surface area contributed by atoms with E-state index in [9.17, 15) is 0 Å². The standard InChI is InChI=1S/C18H17Cl2IN4O2/c19-12-8-23-9-13(20)16(12)18(22)27-10-4-5-14-11(7-10)17(21)24-25(14)15-3-1-2-6-26-15/h4-5,7-9,15,18H,1-3,6,22H2/t15?,18-/m0/s1. The summed E-state index contributed by atoms with van der Waals surface area (Å²) in [5.74, 6) is 0.612. The minimum atomic E-state index is -0.806. The summed E-state index contributed by atoms with van der Waals surface area (Å²) >= 11 is 14.6. The lowest BCUT2D eigenvalue weighted by atomic mass is 10.2. The molecule has 1 aliphatic heterocycles. The van der Waals surface area contributed by atoms with E-state index in [2.05, 4.69) is 32.7 Å². The summed E-state index contributed by atoms with van der Waals surface area (Å²) < 4.78 is 14.6. The van der Waals surface area contributed by atoms with E-state index < -0.39 is 6.23 Å². The Bertz CT molecular complexity index is 955. The lowest BCUT2D eigenvalue weighted by Crippen LogP contribution is -2.19. The zero-order valence-electron chi connectivity index (χ0n) is 14.2. The van der Waals surface area contributed by atoms with Crippen LogP contribution in [-0.4, -0.2) is 21.4 Å². The topological polar surface area (TPSA) is 75.2 Å². The van der Waals surface area contributed by atoms with Gasteiger partial charge < -0.3 is 9.47 Å². The first-order chi connectivity index (χ1) is 13.0. The monoisotopic (exact) mass is 518 g/mol. The molecule has 1 aromatic carbocycles. The minimum Gasteiger partial charge on any atom is -0.471 e. The highest BCUT2D eigenvalue weighted by Crippen LogP contribution is 2.33. The zero-order valence-corrected chi connectivity index (χ0v) is 17.9. The van der Waals surface area contributed by atoms with Crippen LogP contribution >= 0.6 is 45.8 Å². The van der Waals surface area contributed by atoms with Crippen molar-refractivity contribution in [1.29, 1.82) is 0 Å². The van der Waals surface area contributed by atoms with Gasteiger partial charge in [-0.2, -0.15) is 5.10 Å². The fraction of sp³-hybridized carbons (Fsp3) is 0.333. The first-order valence-electron chi connectivity index (χ1n) is 8.55. The number of hydrogen-bond acceptors (Lipinski definition) is 5. The Morgan fingerprint density at radius 2 is 2.04 bits per heavy atom. The number of halogens is 3. The molecule has 1 unspecified atom stereocenters. The molecule has 0 bridgehead atoms. The van der Waals surface area contributed by atoms with Crippen LogP contribution in [0.3, 0.4) is 0 Å². The van der Waals surface area contributed by atoms with Gasteiger partial charge >= 0.3 is 0 Å². The predicted molar refractivity (Wildman–Crippen MR) is 113 cm³/mol. The Morgan fingerprint density at radius 1 is 1.26 bits per heavy atom. The number of nitrogens with zero attached hydrogens (tertiary/aromatic N) is 3. The van der Waals surface area contributed by atoms with E-state index in [1.54, 1.807) is 0 Å². The quantitative estimate of drug-likeness (QED) is 0.385. The molecule has 3 heterocycles. The molecule has 2 atom stereocenters. The molecule has 4 rings (SSSR count). The summed E-state index contributed by atoms with van der Waals surface area (Å²) in [7, 11) is 0. The van der Waals surface area contributed by atoms with E-state index in [1.807, 2.05) is 22.9 Å². The molecule has 2 N–H and O–H groups in total. The smallest absolute Gasteiger partial charge is 0.177 e. The largest absolute Gasteiger partial charge is 0.471 e. The Kier molecular flexibility index (Phi) is 5.75. The van der Waals surface area contributed by atoms with Gasteiger partial charge in [0.05, 0.1) is 15.6 Å². The number of hydrogen-bond donors (Lipinski definition) is 1. The number of nitrogens with two attached hydrogens (primary N) is 1. The van der Waals surface area contributed by atoms with Crippen molar-refractivity contribution < 1.29 is 9.47 Å². The van der Waals surface area contributed by atoms with Crippen LogP contribution in [0.1, 0.15) is 37.3 Å². The van der Waals surface area contributed by atoms with E-state index in [4.69, 9.17) is 38.4 Å². The summed E-state index contributed by atoms with van der Waals surface area (Å²) in [6.45, 7) is 0.770. The van der Waals surface area contributed by atoms with Crippen molar-refractivity contribution in [2.24, 2.45) is 5.73 Å². The summed E-state index contributed by atoms with van der Waals surface area (Å²) in [6, 6.07) is 5.76. The molecule has 142 valence electrons. The SMILES string of the molecule is N[C@@H](Oc1ccc2c(c1)c(I)nn2C1CCCCO1)c1c(Cl)cncc1Cl. The number of aromatic nitrogens is 3. The van der Waals surface area contributed by atoms with E-state index in [0.717, 1.165) is 40.5 Å². The Hall–Kier alpha value is -1.13. The van der Waals surface area contributed by atoms with Gasteiger partial charge in [-0.25, -0.2) is 4.68 Å². The van der Waals surface area contributed by atoms with Crippen molar-refractivity contribution in [1.82, 2.24) is 14.8 Å². The lowest BCUT2D eigenvalue weighted by Gasteiger charge is -2.23. The molecule has 0 radical (unpaired) electrons. The van der Waals surface area contributed by atoms with Crippen LogP contribution in [0.4, 0.5) is 0 Å². The summed E-state index contributed by atoms with van der Waals surface area (Å²) in [5.41, 5.74) is 7.69. The third-order valence-electron chi connectivity index (χ3n) is 4.50. The van der Waals surface area contributed by atoms with E-state index in [-0.39, 0.29) is 6.23 Å². The normalized spacial score (nSPS) is 18.6. The van der Waals surface area contributed by atoms with Crippen LogP contribution in [-0.2, 0) is 4.74 Å². The highest BCUT2D eigenvalue weighted by atomic mass is 127.